The maximum atomic E-state index is 13.3. The van der Waals surface area contributed by atoms with E-state index in [1.807, 2.05) is 91.1 Å². The number of carbonyl (C=O) groups excluding carboxylic acids is 5. The van der Waals surface area contributed by atoms with Crippen molar-refractivity contribution in [2.24, 2.45) is 5.73 Å². The number of anilines is 3. The Labute approximate surface area is 412 Å². The van der Waals surface area contributed by atoms with Crippen LogP contribution in [0.1, 0.15) is 99.6 Å². The average molecular weight is 959 g/mol. The van der Waals surface area contributed by atoms with E-state index < -0.39 is 11.9 Å². The molecule has 3 saturated heterocycles. The van der Waals surface area contributed by atoms with Gasteiger partial charge < -0.3 is 31.1 Å². The van der Waals surface area contributed by atoms with E-state index in [1.165, 1.54) is 22.2 Å². The summed E-state index contributed by atoms with van der Waals surface area (Å²) >= 11 is 1.51. The van der Waals surface area contributed by atoms with E-state index in [4.69, 9.17) is 5.73 Å². The molecule has 5 aromatic rings. The third-order valence-electron chi connectivity index (χ3n) is 14.4. The lowest BCUT2D eigenvalue weighted by Gasteiger charge is -2.40. The number of aromatic nitrogens is 2. The fourth-order valence-corrected chi connectivity index (χ4v) is 11.0. The van der Waals surface area contributed by atoms with Crippen molar-refractivity contribution in [3.63, 3.8) is 0 Å². The van der Waals surface area contributed by atoms with Crippen LogP contribution in [0.2, 0.25) is 0 Å². The van der Waals surface area contributed by atoms with Crippen LogP contribution in [0.5, 0.6) is 0 Å². The van der Waals surface area contributed by atoms with Gasteiger partial charge >= 0.3 is 0 Å². The summed E-state index contributed by atoms with van der Waals surface area (Å²) in [6, 6.07) is 28.8. The molecule has 1 atom stereocenters. The molecule has 70 heavy (non-hydrogen) atoms. The van der Waals surface area contributed by atoms with Gasteiger partial charge in [0.05, 0.1) is 12.4 Å². The highest BCUT2D eigenvalue weighted by molar-refractivity contribution is 7.99. The number of benzene rings is 4. The Hall–Kier alpha value is -6.88. The molecule has 3 fully saturated rings. The first-order valence-corrected chi connectivity index (χ1v) is 25.1. The summed E-state index contributed by atoms with van der Waals surface area (Å²) in [6.45, 7) is 8.21. The molecule has 10 rings (SSSR count). The SMILES string of the molecule is CC1(N)CCN(c2cnc(Sc3cccc(NC(=O)c4ccc(N5CCC(N6CC=C(c7ccc(C(=O)NCc8ccc9c(c8)CN(C8CCC(=O)NC8=O)C9=O)cc7)CC6)CC5)cc4)c3)cn2)CC1. The zero-order valence-corrected chi connectivity index (χ0v) is 40.2. The summed E-state index contributed by atoms with van der Waals surface area (Å²) < 4.78 is 0. The van der Waals surface area contributed by atoms with Crippen LogP contribution >= 0.6 is 11.8 Å². The molecule has 0 spiro atoms. The van der Waals surface area contributed by atoms with E-state index in [0.29, 0.717) is 42.2 Å². The van der Waals surface area contributed by atoms with E-state index in [9.17, 15) is 24.0 Å². The highest BCUT2D eigenvalue weighted by Crippen LogP contribution is 2.32. The lowest BCUT2D eigenvalue weighted by atomic mass is 9.91. The minimum Gasteiger partial charge on any atom is -0.371 e. The molecule has 5 N–H and O–H groups in total. The Morgan fingerprint density at radius 1 is 0.814 bits per heavy atom. The summed E-state index contributed by atoms with van der Waals surface area (Å²) in [4.78, 5) is 82.6. The van der Waals surface area contributed by atoms with Crippen LogP contribution in [0.15, 0.2) is 119 Å². The average Bonchev–Trinajstić information content (AvgIpc) is 3.70. The van der Waals surface area contributed by atoms with Gasteiger partial charge in [-0.05, 0) is 128 Å². The third-order valence-corrected chi connectivity index (χ3v) is 15.3. The first kappa shape index (κ1) is 46.8. The number of imide groups is 1. The Bertz CT molecular complexity index is 2820. The first-order valence-electron chi connectivity index (χ1n) is 24.3. The number of nitrogens with one attached hydrogen (secondary N) is 3. The smallest absolute Gasteiger partial charge is 0.255 e. The molecular formula is C54H58N10O5S. The third kappa shape index (κ3) is 10.6. The molecule has 1 aromatic heterocycles. The quantitative estimate of drug-likeness (QED) is 0.0979. The number of hydrogen-bond acceptors (Lipinski definition) is 12. The van der Waals surface area contributed by atoms with Crippen molar-refractivity contribution in [2.45, 2.75) is 92.5 Å². The van der Waals surface area contributed by atoms with E-state index >= 15 is 0 Å². The second-order valence-electron chi connectivity index (χ2n) is 19.3. The standard InChI is InChI=1S/C54H58N10O5S/c1-54(55)21-27-63(28-22-54)47-32-57-49(33-56-47)70-44-4-2-3-41(30-44)59-51(67)39-10-12-42(13-11-39)62-25-19-43(20-26-62)61-23-17-37(18-24-61)36-6-8-38(9-7-36)50(66)58-31-35-5-14-45-40(29-35)34-64(53(45)69)46-15-16-48(65)60-52(46)68/h2-14,17,29-30,32-33,43,46H,15-16,18-28,31,34,55H2,1H3,(H,58,66)(H,59,67)(H,60,65,68). The molecule has 360 valence electrons. The first-order chi connectivity index (χ1) is 33.9. The van der Waals surface area contributed by atoms with Gasteiger partial charge in [0.15, 0.2) is 0 Å². The van der Waals surface area contributed by atoms with Gasteiger partial charge in [-0.15, -0.1) is 0 Å². The fourth-order valence-electron chi connectivity index (χ4n) is 10.2. The highest BCUT2D eigenvalue weighted by atomic mass is 32.2. The molecule has 6 heterocycles. The lowest BCUT2D eigenvalue weighted by molar-refractivity contribution is -0.136. The molecule has 4 aromatic carbocycles. The number of nitrogens with two attached hydrogens (primary N) is 1. The van der Waals surface area contributed by atoms with Gasteiger partial charge in [0.1, 0.15) is 16.9 Å². The number of amides is 5. The van der Waals surface area contributed by atoms with Gasteiger partial charge in [-0.3, -0.25) is 34.2 Å². The topological polar surface area (TPSA) is 186 Å². The fraction of sp³-hybridized carbons (Fsp3) is 0.352. The second-order valence-corrected chi connectivity index (χ2v) is 20.4. The molecule has 15 nitrogen and oxygen atoms in total. The summed E-state index contributed by atoms with van der Waals surface area (Å²) in [6.07, 6.45) is 11.4. The highest BCUT2D eigenvalue weighted by Gasteiger charge is 2.39. The molecule has 1 unspecified atom stereocenters. The number of nitrogens with zero attached hydrogens (tertiary/aromatic N) is 6. The lowest BCUT2D eigenvalue weighted by Crippen LogP contribution is -2.52. The van der Waals surface area contributed by atoms with Crippen LogP contribution in [0.3, 0.4) is 0 Å². The summed E-state index contributed by atoms with van der Waals surface area (Å²) in [5.74, 6) is -0.436. The zero-order chi connectivity index (χ0) is 48.4. The van der Waals surface area contributed by atoms with Gasteiger partial charge in [-0.1, -0.05) is 48.2 Å². The predicted molar refractivity (Wildman–Crippen MR) is 271 cm³/mol. The van der Waals surface area contributed by atoms with E-state index in [-0.39, 0.29) is 35.6 Å². The van der Waals surface area contributed by atoms with Gasteiger partial charge in [-0.2, -0.15) is 0 Å². The summed E-state index contributed by atoms with van der Waals surface area (Å²) in [7, 11) is 0. The number of rotatable bonds is 12. The van der Waals surface area contributed by atoms with Crippen molar-refractivity contribution in [3.05, 3.63) is 143 Å². The van der Waals surface area contributed by atoms with Crippen LogP contribution in [0.25, 0.3) is 5.57 Å². The van der Waals surface area contributed by atoms with Crippen LogP contribution in [0.4, 0.5) is 17.2 Å². The number of fused-ring (bicyclic) bond motifs is 1. The Kier molecular flexibility index (Phi) is 13.5. The van der Waals surface area contributed by atoms with Crippen LogP contribution < -0.4 is 31.5 Å². The summed E-state index contributed by atoms with van der Waals surface area (Å²) in [5, 5.41) is 9.19. The van der Waals surface area contributed by atoms with Crippen molar-refractivity contribution in [2.75, 3.05) is 54.4 Å². The Morgan fingerprint density at radius 3 is 2.29 bits per heavy atom. The largest absolute Gasteiger partial charge is 0.371 e. The predicted octanol–water partition coefficient (Wildman–Crippen LogP) is 6.65. The number of piperidine rings is 3. The molecule has 5 aliphatic heterocycles. The van der Waals surface area contributed by atoms with Crippen LogP contribution in [-0.4, -0.2) is 106 Å². The van der Waals surface area contributed by atoms with Gasteiger partial charge in [0.25, 0.3) is 17.7 Å². The molecular weight excluding hydrogens is 901 g/mol. The Balaban J connectivity index is 0.652. The van der Waals surface area contributed by atoms with Crippen LogP contribution in [-0.2, 0) is 22.7 Å². The molecule has 16 heteroatoms. The zero-order valence-electron chi connectivity index (χ0n) is 39.4. The molecule has 5 aliphatic rings. The number of carbonyl (C=O) groups is 5. The van der Waals surface area contributed by atoms with E-state index in [2.05, 4.69) is 53.6 Å². The minimum atomic E-state index is -0.664. The minimum absolute atomic E-state index is 0.119. The maximum Gasteiger partial charge on any atom is 0.255 e. The normalized spacial score (nSPS) is 19.6. The Morgan fingerprint density at radius 2 is 1.57 bits per heavy atom. The monoisotopic (exact) mass is 958 g/mol. The van der Waals surface area contributed by atoms with Crippen molar-refractivity contribution >= 4 is 64.1 Å². The molecule has 0 aliphatic carbocycles. The molecule has 0 bridgehead atoms. The molecule has 0 radical (unpaired) electrons. The molecule has 0 saturated carbocycles. The second kappa shape index (κ2) is 20.2. The maximum absolute atomic E-state index is 13.3. The van der Waals surface area contributed by atoms with Gasteiger partial charge in [0, 0.05) is 103 Å². The van der Waals surface area contributed by atoms with Crippen molar-refractivity contribution < 1.29 is 24.0 Å². The van der Waals surface area contributed by atoms with E-state index in [1.54, 1.807) is 12.3 Å². The van der Waals surface area contributed by atoms with Crippen molar-refractivity contribution in [1.29, 1.82) is 0 Å². The van der Waals surface area contributed by atoms with Gasteiger partial charge in [0.2, 0.25) is 11.8 Å². The van der Waals surface area contributed by atoms with Crippen molar-refractivity contribution in [3.8, 4) is 0 Å². The van der Waals surface area contributed by atoms with E-state index in [0.717, 1.165) is 115 Å². The number of hydrogen-bond donors (Lipinski definition) is 4. The summed E-state index contributed by atoms with van der Waals surface area (Å²) in [5.41, 5.74) is 13.8. The molecule has 5 amide bonds. The van der Waals surface area contributed by atoms with Crippen molar-refractivity contribution in [1.82, 2.24) is 30.4 Å². The van der Waals surface area contributed by atoms with Crippen LogP contribution in [0, 0.1) is 0 Å². The van der Waals surface area contributed by atoms with Gasteiger partial charge in [-0.25, -0.2) is 9.97 Å².